The molecule has 1 aromatic carbocycles. The number of halogens is 2. The minimum Gasteiger partial charge on any atom is -0.457 e. The molecule has 0 saturated carbocycles. The lowest BCUT2D eigenvalue weighted by atomic mass is 10.2. The van der Waals surface area contributed by atoms with Crippen LogP contribution in [0.5, 0.6) is 0 Å². The number of carbonyl (C=O) groups is 1. The maximum Gasteiger partial charge on any atom is 0.266 e. The van der Waals surface area contributed by atoms with E-state index in [1.54, 1.807) is 41.3 Å². The number of thioether (sulfide) groups is 1. The van der Waals surface area contributed by atoms with Gasteiger partial charge in [0.25, 0.3) is 5.91 Å². The molecular formula is C20H15Cl2N3O2S2. The van der Waals surface area contributed by atoms with Gasteiger partial charge in [0.05, 0.1) is 26.2 Å². The fourth-order valence-corrected chi connectivity index (χ4v) is 5.10. The third kappa shape index (κ3) is 4.14. The lowest BCUT2D eigenvalue weighted by molar-refractivity contribution is -0.122. The van der Waals surface area contributed by atoms with Gasteiger partial charge in [0.1, 0.15) is 11.5 Å². The zero-order chi connectivity index (χ0) is 20.5. The summed E-state index contributed by atoms with van der Waals surface area (Å²) >= 11 is 15.3. The second-order valence-electron chi connectivity index (χ2n) is 6.12. The number of nitrogens with zero attached hydrogens (tertiary/aromatic N) is 3. The number of likely N-dealkylation sites (N-methyl/N-ethyl adjacent to an activating group) is 1. The van der Waals surface area contributed by atoms with Gasteiger partial charge in [-0.05, 0) is 49.9 Å². The number of aliphatic imine (C=N–C) groups is 1. The van der Waals surface area contributed by atoms with Gasteiger partial charge in [0.2, 0.25) is 5.13 Å². The Morgan fingerprint density at radius 3 is 2.66 bits per heavy atom. The summed E-state index contributed by atoms with van der Waals surface area (Å²) < 4.78 is 5.89. The summed E-state index contributed by atoms with van der Waals surface area (Å²) in [5.41, 5.74) is 1.53. The van der Waals surface area contributed by atoms with Crippen molar-refractivity contribution in [2.75, 3.05) is 6.54 Å². The van der Waals surface area contributed by atoms with Gasteiger partial charge in [-0.2, -0.15) is 4.99 Å². The summed E-state index contributed by atoms with van der Waals surface area (Å²) in [6.07, 6.45) is 1.71. The molecule has 3 heterocycles. The molecule has 3 aromatic rings. The van der Waals surface area contributed by atoms with Gasteiger partial charge >= 0.3 is 0 Å². The fraction of sp³-hybridized carbons (Fsp3) is 0.150. The van der Waals surface area contributed by atoms with Crippen molar-refractivity contribution >= 4 is 68.6 Å². The molecule has 0 bridgehead atoms. The molecule has 0 radical (unpaired) electrons. The molecule has 0 N–H and O–H groups in total. The Hall–Kier alpha value is -2.06. The molecule has 0 spiro atoms. The molecule has 9 heteroatoms. The van der Waals surface area contributed by atoms with Crippen LogP contribution in [0.25, 0.3) is 17.4 Å². The first-order chi connectivity index (χ1) is 14.0. The van der Waals surface area contributed by atoms with Crippen molar-refractivity contribution < 1.29 is 9.21 Å². The van der Waals surface area contributed by atoms with Gasteiger partial charge in [-0.3, -0.25) is 9.69 Å². The molecule has 1 saturated heterocycles. The number of furan rings is 1. The monoisotopic (exact) mass is 463 g/mol. The highest BCUT2D eigenvalue weighted by Crippen LogP contribution is 2.38. The largest absolute Gasteiger partial charge is 0.457 e. The molecule has 1 fully saturated rings. The summed E-state index contributed by atoms with van der Waals surface area (Å²) in [6.45, 7) is 4.34. The summed E-state index contributed by atoms with van der Waals surface area (Å²) in [7, 11) is 0. The number of hydrogen-bond acceptors (Lipinski definition) is 6. The molecule has 1 aliphatic rings. The highest BCUT2D eigenvalue weighted by Gasteiger charge is 2.32. The molecule has 0 aliphatic carbocycles. The number of rotatable bonds is 4. The first-order valence-electron chi connectivity index (χ1n) is 8.72. The normalized spacial score (nSPS) is 17.1. The van der Waals surface area contributed by atoms with E-state index in [-0.39, 0.29) is 5.91 Å². The van der Waals surface area contributed by atoms with Gasteiger partial charge in [-0.25, -0.2) is 4.98 Å². The van der Waals surface area contributed by atoms with Crippen molar-refractivity contribution in [3.63, 3.8) is 0 Å². The standard InChI is InChI=1S/C20H15Cl2N3O2S2/c1-3-25-18(26)16(29-20(25)24-19-23-11(2)10-28-19)9-12-7-8-15(27-12)17-13(21)5-4-6-14(17)22/h4-10H,3H2,1-2H3/b16-9+,24-20+. The molecule has 29 heavy (non-hydrogen) atoms. The lowest BCUT2D eigenvalue weighted by Crippen LogP contribution is -2.28. The Morgan fingerprint density at radius 2 is 2.00 bits per heavy atom. The number of amidine groups is 1. The molecule has 5 nitrogen and oxygen atoms in total. The van der Waals surface area contributed by atoms with Crippen molar-refractivity contribution in [3.05, 3.63) is 62.1 Å². The third-order valence-electron chi connectivity index (χ3n) is 4.11. The number of aryl methyl sites for hydroxylation is 1. The maximum atomic E-state index is 12.8. The summed E-state index contributed by atoms with van der Waals surface area (Å²) in [6, 6.07) is 8.85. The topological polar surface area (TPSA) is 58.7 Å². The van der Waals surface area contributed by atoms with E-state index in [2.05, 4.69) is 9.98 Å². The van der Waals surface area contributed by atoms with Gasteiger partial charge in [-0.15, -0.1) is 11.3 Å². The van der Waals surface area contributed by atoms with Crippen molar-refractivity contribution in [1.82, 2.24) is 9.88 Å². The van der Waals surface area contributed by atoms with Crippen molar-refractivity contribution in [3.8, 4) is 11.3 Å². The number of amides is 1. The highest BCUT2D eigenvalue weighted by molar-refractivity contribution is 8.18. The molecule has 2 aromatic heterocycles. The van der Waals surface area contributed by atoms with Crippen LogP contribution >= 0.6 is 46.3 Å². The summed E-state index contributed by atoms with van der Waals surface area (Å²) in [4.78, 5) is 23.8. The minimum absolute atomic E-state index is 0.113. The zero-order valence-corrected chi connectivity index (χ0v) is 18.6. The van der Waals surface area contributed by atoms with E-state index in [9.17, 15) is 4.79 Å². The quantitative estimate of drug-likeness (QED) is 0.406. The first kappa shape index (κ1) is 20.2. The smallest absolute Gasteiger partial charge is 0.266 e. The number of aromatic nitrogens is 1. The van der Waals surface area contributed by atoms with Crippen LogP contribution in [0.3, 0.4) is 0 Å². The van der Waals surface area contributed by atoms with E-state index in [0.717, 1.165) is 5.69 Å². The average Bonchev–Trinajstić information content (AvgIpc) is 3.37. The van der Waals surface area contributed by atoms with Crippen LogP contribution < -0.4 is 0 Å². The Kier molecular flexibility index (Phi) is 5.83. The summed E-state index contributed by atoms with van der Waals surface area (Å²) in [5.74, 6) is 0.967. The minimum atomic E-state index is -0.113. The van der Waals surface area contributed by atoms with Crippen LogP contribution in [0.15, 0.2) is 50.0 Å². The van der Waals surface area contributed by atoms with Crippen molar-refractivity contribution in [2.24, 2.45) is 4.99 Å². The number of benzene rings is 1. The molecule has 0 unspecified atom stereocenters. The molecule has 4 rings (SSSR count). The number of carbonyl (C=O) groups excluding carboxylic acids is 1. The Morgan fingerprint density at radius 1 is 1.24 bits per heavy atom. The average molecular weight is 464 g/mol. The number of hydrogen-bond donors (Lipinski definition) is 0. The number of thiazole rings is 1. The Labute approximate surface area is 186 Å². The van der Waals surface area contributed by atoms with E-state index in [1.807, 2.05) is 19.2 Å². The maximum absolute atomic E-state index is 12.8. The van der Waals surface area contributed by atoms with Gasteiger partial charge in [-0.1, -0.05) is 29.3 Å². The third-order valence-corrected chi connectivity index (χ3v) is 6.60. The van der Waals surface area contributed by atoms with E-state index in [0.29, 0.717) is 48.9 Å². The molecule has 1 amide bonds. The predicted octanol–water partition coefficient (Wildman–Crippen LogP) is 6.64. The van der Waals surface area contributed by atoms with Crippen LogP contribution in [0.1, 0.15) is 18.4 Å². The van der Waals surface area contributed by atoms with Crippen LogP contribution in [0.2, 0.25) is 10.0 Å². The van der Waals surface area contributed by atoms with E-state index in [4.69, 9.17) is 27.6 Å². The molecule has 148 valence electrons. The fourth-order valence-electron chi connectivity index (χ4n) is 2.77. The van der Waals surface area contributed by atoms with Crippen LogP contribution in [-0.2, 0) is 4.79 Å². The van der Waals surface area contributed by atoms with Crippen LogP contribution in [-0.4, -0.2) is 27.5 Å². The highest BCUT2D eigenvalue weighted by atomic mass is 35.5. The first-order valence-corrected chi connectivity index (χ1v) is 11.2. The second-order valence-corrected chi connectivity index (χ2v) is 8.78. The zero-order valence-electron chi connectivity index (χ0n) is 15.5. The van der Waals surface area contributed by atoms with E-state index in [1.165, 1.54) is 23.1 Å². The van der Waals surface area contributed by atoms with Crippen molar-refractivity contribution in [1.29, 1.82) is 0 Å². The second kappa shape index (κ2) is 8.36. The Balaban J connectivity index is 1.64. The van der Waals surface area contributed by atoms with Gasteiger partial charge in [0.15, 0.2) is 5.17 Å². The van der Waals surface area contributed by atoms with Crippen LogP contribution in [0, 0.1) is 6.92 Å². The molecule has 1 aliphatic heterocycles. The van der Waals surface area contributed by atoms with Crippen molar-refractivity contribution in [2.45, 2.75) is 13.8 Å². The van der Waals surface area contributed by atoms with Gasteiger partial charge < -0.3 is 4.42 Å². The van der Waals surface area contributed by atoms with Gasteiger partial charge in [0, 0.05) is 18.0 Å². The predicted molar refractivity (Wildman–Crippen MR) is 121 cm³/mol. The Bertz CT molecular complexity index is 1130. The SMILES string of the molecule is CCN1C(=O)/C(=C\c2ccc(-c3c(Cl)cccc3Cl)o2)S/C1=N/c1nc(C)cs1. The van der Waals surface area contributed by atoms with Crippen LogP contribution in [0.4, 0.5) is 5.13 Å². The molecule has 0 atom stereocenters. The summed E-state index contributed by atoms with van der Waals surface area (Å²) in [5, 5.41) is 4.17. The van der Waals surface area contributed by atoms with E-state index < -0.39 is 0 Å². The van der Waals surface area contributed by atoms with E-state index >= 15 is 0 Å². The molecular weight excluding hydrogens is 449 g/mol. The lowest BCUT2D eigenvalue weighted by Gasteiger charge is -2.11.